The van der Waals surface area contributed by atoms with Crippen LogP contribution in [0.2, 0.25) is 0 Å². The van der Waals surface area contributed by atoms with Crippen molar-refractivity contribution in [3.8, 4) is 0 Å². The molecule has 0 aromatic heterocycles. The Hall–Kier alpha value is -0.820. The van der Waals surface area contributed by atoms with Gasteiger partial charge in [0.1, 0.15) is 0 Å². The van der Waals surface area contributed by atoms with E-state index < -0.39 is 0 Å². The summed E-state index contributed by atoms with van der Waals surface area (Å²) in [6, 6.07) is 12.3. The van der Waals surface area contributed by atoms with Crippen LogP contribution in [-0.2, 0) is 0 Å². The molecule has 0 N–H and O–H groups in total. The van der Waals surface area contributed by atoms with Gasteiger partial charge < -0.3 is 0 Å². The van der Waals surface area contributed by atoms with Crippen LogP contribution in [0.15, 0.2) is 30.3 Å². The van der Waals surface area contributed by atoms with Crippen molar-refractivity contribution in [3.05, 3.63) is 35.9 Å². The van der Waals surface area contributed by atoms with Crippen molar-refractivity contribution in [1.82, 2.24) is 4.90 Å². The first-order valence-corrected chi connectivity index (χ1v) is 7.13. The Bertz CT molecular complexity index is 318. The van der Waals surface area contributed by atoms with E-state index in [-0.39, 0.29) is 0 Å². The second kappa shape index (κ2) is 6.20. The van der Waals surface area contributed by atoms with Gasteiger partial charge in [-0.2, -0.15) is 0 Å². The molecule has 17 heavy (non-hydrogen) atoms. The number of nitrogens with zero attached hydrogens (tertiary/aromatic N) is 1. The number of hydrogen-bond donors (Lipinski definition) is 0. The summed E-state index contributed by atoms with van der Waals surface area (Å²) in [5.74, 6) is 0. The molecule has 1 aliphatic heterocycles. The fourth-order valence-corrected chi connectivity index (χ4v) is 3.10. The molecule has 1 heterocycles. The lowest BCUT2D eigenvalue weighted by molar-refractivity contribution is 0.0963. The van der Waals surface area contributed by atoms with E-state index in [1.165, 1.54) is 44.2 Å². The van der Waals surface area contributed by atoms with Crippen molar-refractivity contribution in [3.63, 3.8) is 0 Å². The summed E-state index contributed by atoms with van der Waals surface area (Å²) >= 11 is 0. The highest BCUT2D eigenvalue weighted by molar-refractivity contribution is 5.18. The van der Waals surface area contributed by atoms with Crippen molar-refractivity contribution < 1.29 is 0 Å². The standard InChI is InChI=1S/C16H25N/c1-3-9-16-12-7-8-13-17(16)14(2)15-10-5-4-6-11-15/h4-6,10-11,14,16H,3,7-9,12-13H2,1-2H3/t14-,16?/m1/s1. The SMILES string of the molecule is CCCC1CCCCN1[C@H](C)c1ccccc1. The summed E-state index contributed by atoms with van der Waals surface area (Å²) in [5.41, 5.74) is 1.47. The molecule has 0 saturated carbocycles. The summed E-state index contributed by atoms with van der Waals surface area (Å²) in [6.07, 6.45) is 6.85. The third kappa shape index (κ3) is 3.10. The molecule has 1 heteroatoms. The maximum Gasteiger partial charge on any atom is 0.0322 e. The molecule has 0 amide bonds. The molecular weight excluding hydrogens is 206 g/mol. The first kappa shape index (κ1) is 12.6. The number of hydrogen-bond acceptors (Lipinski definition) is 1. The molecule has 0 aliphatic carbocycles. The van der Waals surface area contributed by atoms with Crippen LogP contribution in [0, 0.1) is 0 Å². The monoisotopic (exact) mass is 231 g/mol. The zero-order chi connectivity index (χ0) is 12.1. The fraction of sp³-hybridized carbons (Fsp3) is 0.625. The van der Waals surface area contributed by atoms with Gasteiger partial charge >= 0.3 is 0 Å². The highest BCUT2D eigenvalue weighted by Crippen LogP contribution is 2.30. The van der Waals surface area contributed by atoms with Crippen LogP contribution in [0.25, 0.3) is 0 Å². The topological polar surface area (TPSA) is 3.24 Å². The normalized spacial score (nSPS) is 23.5. The van der Waals surface area contributed by atoms with Gasteiger partial charge in [0.05, 0.1) is 0 Å². The second-order valence-corrected chi connectivity index (χ2v) is 5.26. The van der Waals surface area contributed by atoms with Crippen LogP contribution < -0.4 is 0 Å². The van der Waals surface area contributed by atoms with Crippen LogP contribution in [0.5, 0.6) is 0 Å². The lowest BCUT2D eigenvalue weighted by Gasteiger charge is -2.40. The minimum Gasteiger partial charge on any atom is -0.294 e. The Morgan fingerprint density at radius 2 is 2.00 bits per heavy atom. The first-order valence-electron chi connectivity index (χ1n) is 7.13. The smallest absolute Gasteiger partial charge is 0.0322 e. The van der Waals surface area contributed by atoms with Gasteiger partial charge in [0, 0.05) is 12.1 Å². The van der Waals surface area contributed by atoms with Gasteiger partial charge in [-0.15, -0.1) is 0 Å². The highest BCUT2D eigenvalue weighted by Gasteiger charge is 2.26. The molecule has 1 fully saturated rings. The number of likely N-dealkylation sites (tertiary alicyclic amines) is 1. The van der Waals surface area contributed by atoms with Crippen LogP contribution in [0.3, 0.4) is 0 Å². The summed E-state index contributed by atoms with van der Waals surface area (Å²) in [6.45, 7) is 5.95. The zero-order valence-electron chi connectivity index (χ0n) is 11.2. The number of rotatable bonds is 4. The molecule has 94 valence electrons. The van der Waals surface area contributed by atoms with Crippen LogP contribution in [0.1, 0.15) is 57.6 Å². The molecule has 1 nitrogen and oxygen atoms in total. The average molecular weight is 231 g/mol. The van der Waals surface area contributed by atoms with Gasteiger partial charge in [-0.1, -0.05) is 50.1 Å². The van der Waals surface area contributed by atoms with Crippen molar-refractivity contribution >= 4 is 0 Å². The summed E-state index contributed by atoms with van der Waals surface area (Å²) < 4.78 is 0. The van der Waals surface area contributed by atoms with Gasteiger partial charge in [-0.3, -0.25) is 4.90 Å². The lowest BCUT2D eigenvalue weighted by Crippen LogP contribution is -2.41. The van der Waals surface area contributed by atoms with Crippen molar-refractivity contribution in [2.75, 3.05) is 6.54 Å². The van der Waals surface area contributed by atoms with Gasteiger partial charge in [0.15, 0.2) is 0 Å². The van der Waals surface area contributed by atoms with E-state index in [1.807, 2.05) is 0 Å². The van der Waals surface area contributed by atoms with Crippen molar-refractivity contribution in [2.45, 2.75) is 58.0 Å². The molecule has 0 radical (unpaired) electrons. The predicted octanol–water partition coefficient (Wildman–Crippen LogP) is 4.40. The van der Waals surface area contributed by atoms with E-state index in [0.717, 1.165) is 6.04 Å². The molecule has 2 rings (SSSR count). The minimum atomic E-state index is 0.577. The van der Waals surface area contributed by atoms with Gasteiger partial charge in [0.2, 0.25) is 0 Å². The summed E-state index contributed by atoms with van der Waals surface area (Å²) in [7, 11) is 0. The Morgan fingerprint density at radius 3 is 2.71 bits per heavy atom. The predicted molar refractivity (Wildman–Crippen MR) is 74.1 cm³/mol. The third-order valence-corrected chi connectivity index (χ3v) is 4.07. The van der Waals surface area contributed by atoms with Crippen molar-refractivity contribution in [2.24, 2.45) is 0 Å². The minimum absolute atomic E-state index is 0.577. The maximum absolute atomic E-state index is 2.72. The number of piperidine rings is 1. The molecular formula is C16H25N. The molecule has 1 aliphatic rings. The molecule has 2 atom stereocenters. The van der Waals surface area contributed by atoms with E-state index in [0.29, 0.717) is 6.04 Å². The quantitative estimate of drug-likeness (QED) is 0.742. The lowest BCUT2D eigenvalue weighted by atomic mass is 9.94. The van der Waals surface area contributed by atoms with E-state index in [2.05, 4.69) is 49.1 Å². The molecule has 1 aromatic rings. The van der Waals surface area contributed by atoms with Crippen LogP contribution in [-0.4, -0.2) is 17.5 Å². The summed E-state index contributed by atoms with van der Waals surface area (Å²) in [5, 5.41) is 0. The van der Waals surface area contributed by atoms with Crippen LogP contribution in [0.4, 0.5) is 0 Å². The van der Waals surface area contributed by atoms with E-state index in [9.17, 15) is 0 Å². The van der Waals surface area contributed by atoms with Crippen molar-refractivity contribution in [1.29, 1.82) is 0 Å². The molecule has 1 aromatic carbocycles. The molecule has 0 spiro atoms. The van der Waals surface area contributed by atoms with E-state index in [4.69, 9.17) is 0 Å². The van der Waals surface area contributed by atoms with E-state index in [1.54, 1.807) is 0 Å². The molecule has 1 saturated heterocycles. The van der Waals surface area contributed by atoms with Gasteiger partial charge in [0.25, 0.3) is 0 Å². The second-order valence-electron chi connectivity index (χ2n) is 5.26. The Kier molecular flexibility index (Phi) is 4.61. The average Bonchev–Trinajstić information content (AvgIpc) is 2.40. The largest absolute Gasteiger partial charge is 0.294 e. The van der Waals surface area contributed by atoms with Crippen LogP contribution >= 0.6 is 0 Å². The molecule has 1 unspecified atom stereocenters. The zero-order valence-corrected chi connectivity index (χ0v) is 11.2. The van der Waals surface area contributed by atoms with Gasteiger partial charge in [-0.25, -0.2) is 0 Å². The maximum atomic E-state index is 2.72. The number of benzene rings is 1. The van der Waals surface area contributed by atoms with Gasteiger partial charge in [-0.05, 0) is 38.3 Å². The first-order chi connectivity index (χ1) is 8.33. The highest BCUT2D eigenvalue weighted by atomic mass is 15.2. The molecule has 0 bridgehead atoms. The Labute approximate surface area is 106 Å². The van der Waals surface area contributed by atoms with E-state index >= 15 is 0 Å². The Balaban J connectivity index is 2.08. The Morgan fingerprint density at radius 1 is 1.24 bits per heavy atom. The summed E-state index contributed by atoms with van der Waals surface area (Å²) in [4.78, 5) is 2.72. The third-order valence-electron chi connectivity index (χ3n) is 4.07. The fourth-order valence-electron chi connectivity index (χ4n) is 3.10.